The third kappa shape index (κ3) is 5.21. The van der Waals surface area contributed by atoms with Crippen molar-refractivity contribution in [2.45, 2.75) is 57.4 Å². The van der Waals surface area contributed by atoms with Gasteiger partial charge in [0.15, 0.2) is 0 Å². The highest BCUT2D eigenvalue weighted by Crippen LogP contribution is 2.27. The van der Waals surface area contributed by atoms with E-state index in [0.29, 0.717) is 18.0 Å². The minimum absolute atomic E-state index is 0.174. The number of H-pyrrole nitrogens is 1. The summed E-state index contributed by atoms with van der Waals surface area (Å²) in [7, 11) is 0. The van der Waals surface area contributed by atoms with Crippen LogP contribution in [-0.4, -0.2) is 33.0 Å². The summed E-state index contributed by atoms with van der Waals surface area (Å²) in [4.78, 5) is 29.9. The number of aliphatic carboxylic acids is 1. The van der Waals surface area contributed by atoms with Gasteiger partial charge in [-0.25, -0.2) is 9.78 Å². The largest absolute Gasteiger partial charge is 0.480 e. The Balaban J connectivity index is 1.76. The summed E-state index contributed by atoms with van der Waals surface area (Å²) in [6, 6.07) is -0.899. The Morgan fingerprint density at radius 1 is 1.38 bits per heavy atom. The van der Waals surface area contributed by atoms with Crippen LogP contribution in [-0.2, 0) is 16.0 Å². The number of nitrogens with zero attached hydrogens (tertiary/aromatic N) is 1. The second kappa shape index (κ2) is 7.81. The number of hydrogen-bond donors (Lipinski definition) is 3. The van der Waals surface area contributed by atoms with E-state index in [1.807, 2.05) is 0 Å². The Bertz CT molecular complexity index is 453. The fraction of sp³-hybridized carbons (Fsp3) is 0.667. The second-order valence-electron chi connectivity index (χ2n) is 5.78. The van der Waals surface area contributed by atoms with Crippen molar-refractivity contribution in [2.24, 2.45) is 5.92 Å². The average Bonchev–Trinajstić information content (AvgIpc) is 2.98. The highest BCUT2D eigenvalue weighted by molar-refractivity contribution is 5.83. The van der Waals surface area contributed by atoms with E-state index in [0.717, 1.165) is 6.42 Å². The van der Waals surface area contributed by atoms with E-state index in [9.17, 15) is 14.7 Å². The number of carboxylic acid groups (broad SMARTS) is 1. The molecule has 1 aromatic rings. The zero-order valence-corrected chi connectivity index (χ0v) is 12.2. The number of hydrogen-bond acceptors (Lipinski definition) is 3. The maximum Gasteiger partial charge on any atom is 0.326 e. The molecule has 0 spiro atoms. The number of aromatic amines is 1. The van der Waals surface area contributed by atoms with Crippen LogP contribution in [0.2, 0.25) is 0 Å². The van der Waals surface area contributed by atoms with Gasteiger partial charge in [0, 0.05) is 24.7 Å². The monoisotopic (exact) mass is 293 g/mol. The van der Waals surface area contributed by atoms with Crippen molar-refractivity contribution in [3.63, 3.8) is 0 Å². The molecule has 1 aliphatic rings. The summed E-state index contributed by atoms with van der Waals surface area (Å²) in [6.07, 6.45) is 10.8. The van der Waals surface area contributed by atoms with Gasteiger partial charge >= 0.3 is 5.97 Å². The molecule has 1 heterocycles. The molecule has 1 fully saturated rings. The molecule has 0 radical (unpaired) electrons. The van der Waals surface area contributed by atoms with Gasteiger partial charge in [-0.2, -0.15) is 0 Å². The van der Waals surface area contributed by atoms with Crippen LogP contribution < -0.4 is 5.32 Å². The van der Waals surface area contributed by atoms with Gasteiger partial charge in [-0.15, -0.1) is 0 Å². The topological polar surface area (TPSA) is 95.1 Å². The smallest absolute Gasteiger partial charge is 0.326 e. The number of imidazole rings is 1. The summed E-state index contributed by atoms with van der Waals surface area (Å²) in [5.41, 5.74) is 0.704. The fourth-order valence-corrected chi connectivity index (χ4v) is 2.89. The number of aromatic nitrogens is 2. The van der Waals surface area contributed by atoms with Crippen molar-refractivity contribution >= 4 is 11.9 Å². The molecule has 1 atom stereocenters. The zero-order chi connectivity index (χ0) is 15.1. The lowest BCUT2D eigenvalue weighted by molar-refractivity contribution is -0.141. The predicted molar refractivity (Wildman–Crippen MR) is 77.7 cm³/mol. The van der Waals surface area contributed by atoms with Crippen molar-refractivity contribution in [3.05, 3.63) is 18.2 Å². The average molecular weight is 293 g/mol. The SMILES string of the molecule is O=C(CCC1CCCCC1)NC(Cc1cnc[nH]1)C(=O)O. The fourth-order valence-electron chi connectivity index (χ4n) is 2.89. The first-order valence-corrected chi connectivity index (χ1v) is 7.64. The molecule has 21 heavy (non-hydrogen) atoms. The van der Waals surface area contributed by atoms with Crippen LogP contribution in [0.1, 0.15) is 50.6 Å². The lowest BCUT2D eigenvalue weighted by Gasteiger charge is -2.21. The highest BCUT2D eigenvalue weighted by Gasteiger charge is 2.22. The molecule has 0 aromatic carbocycles. The first kappa shape index (κ1) is 15.5. The Morgan fingerprint density at radius 2 is 2.14 bits per heavy atom. The van der Waals surface area contributed by atoms with Gasteiger partial charge in [-0.3, -0.25) is 4.79 Å². The molecule has 6 nitrogen and oxygen atoms in total. The molecule has 2 rings (SSSR count). The van der Waals surface area contributed by atoms with E-state index >= 15 is 0 Å². The van der Waals surface area contributed by atoms with Gasteiger partial charge in [0.2, 0.25) is 5.91 Å². The van der Waals surface area contributed by atoms with Gasteiger partial charge in [-0.05, 0) is 12.3 Å². The Morgan fingerprint density at radius 3 is 2.76 bits per heavy atom. The van der Waals surface area contributed by atoms with Crippen molar-refractivity contribution in [2.75, 3.05) is 0 Å². The maximum absolute atomic E-state index is 11.9. The van der Waals surface area contributed by atoms with E-state index in [1.54, 1.807) is 6.20 Å². The molecule has 1 saturated carbocycles. The zero-order valence-electron chi connectivity index (χ0n) is 12.2. The number of nitrogens with one attached hydrogen (secondary N) is 2. The summed E-state index contributed by atoms with van der Waals surface area (Å²) in [5, 5.41) is 11.8. The van der Waals surface area contributed by atoms with Gasteiger partial charge in [-0.1, -0.05) is 32.1 Å². The summed E-state index contributed by atoms with van der Waals surface area (Å²) in [6.45, 7) is 0. The normalized spacial score (nSPS) is 17.3. The molecule has 1 aliphatic carbocycles. The van der Waals surface area contributed by atoms with E-state index in [4.69, 9.17) is 0 Å². The predicted octanol–water partition coefficient (Wildman–Crippen LogP) is 1.88. The minimum atomic E-state index is -1.02. The van der Waals surface area contributed by atoms with Crippen molar-refractivity contribution < 1.29 is 14.7 Å². The van der Waals surface area contributed by atoms with Crippen LogP contribution in [0.5, 0.6) is 0 Å². The van der Waals surface area contributed by atoms with Crippen molar-refractivity contribution in [1.82, 2.24) is 15.3 Å². The Labute approximate surface area is 124 Å². The molecule has 116 valence electrons. The Hall–Kier alpha value is -1.85. The summed E-state index contributed by atoms with van der Waals surface area (Å²) < 4.78 is 0. The standard InChI is InChI=1S/C15H23N3O3/c19-14(7-6-11-4-2-1-3-5-11)18-13(15(20)21)8-12-9-16-10-17-12/h9-11,13H,1-8H2,(H,16,17)(H,18,19)(H,20,21). The molecule has 0 saturated heterocycles. The maximum atomic E-state index is 11.9. The van der Waals surface area contributed by atoms with E-state index in [1.165, 1.54) is 38.4 Å². The summed E-state index contributed by atoms with van der Waals surface area (Å²) >= 11 is 0. The van der Waals surface area contributed by atoms with E-state index in [2.05, 4.69) is 15.3 Å². The molecule has 6 heteroatoms. The molecular weight excluding hydrogens is 270 g/mol. The molecule has 3 N–H and O–H groups in total. The van der Waals surface area contributed by atoms with Crippen LogP contribution in [0.4, 0.5) is 0 Å². The van der Waals surface area contributed by atoms with E-state index in [-0.39, 0.29) is 12.3 Å². The van der Waals surface area contributed by atoms with Crippen LogP contribution in [0.3, 0.4) is 0 Å². The second-order valence-corrected chi connectivity index (χ2v) is 5.78. The number of carbonyl (C=O) groups is 2. The van der Waals surface area contributed by atoms with Crippen molar-refractivity contribution in [3.8, 4) is 0 Å². The van der Waals surface area contributed by atoms with Crippen LogP contribution in [0, 0.1) is 5.92 Å². The molecular formula is C15H23N3O3. The Kier molecular flexibility index (Phi) is 5.78. The van der Waals surface area contributed by atoms with E-state index < -0.39 is 12.0 Å². The lowest BCUT2D eigenvalue weighted by atomic mass is 9.86. The molecule has 1 amide bonds. The number of rotatable bonds is 7. The first-order chi connectivity index (χ1) is 10.1. The third-order valence-electron chi connectivity index (χ3n) is 4.12. The van der Waals surface area contributed by atoms with Crippen LogP contribution in [0.15, 0.2) is 12.5 Å². The molecule has 1 aromatic heterocycles. The number of carbonyl (C=O) groups excluding carboxylic acids is 1. The minimum Gasteiger partial charge on any atom is -0.480 e. The van der Waals surface area contributed by atoms with Gasteiger partial charge in [0.1, 0.15) is 6.04 Å². The van der Waals surface area contributed by atoms with Gasteiger partial charge < -0.3 is 15.4 Å². The quantitative estimate of drug-likeness (QED) is 0.715. The van der Waals surface area contributed by atoms with Crippen molar-refractivity contribution in [1.29, 1.82) is 0 Å². The first-order valence-electron chi connectivity index (χ1n) is 7.64. The van der Waals surface area contributed by atoms with Crippen LogP contribution >= 0.6 is 0 Å². The number of amides is 1. The lowest BCUT2D eigenvalue weighted by Crippen LogP contribution is -2.42. The summed E-state index contributed by atoms with van der Waals surface area (Å²) in [5.74, 6) is -0.566. The van der Waals surface area contributed by atoms with Crippen LogP contribution in [0.25, 0.3) is 0 Å². The highest BCUT2D eigenvalue weighted by atomic mass is 16.4. The molecule has 0 aliphatic heterocycles. The van der Waals surface area contributed by atoms with Gasteiger partial charge in [0.05, 0.1) is 6.33 Å². The van der Waals surface area contributed by atoms with Gasteiger partial charge in [0.25, 0.3) is 0 Å². The molecule has 1 unspecified atom stereocenters. The third-order valence-corrected chi connectivity index (χ3v) is 4.12. The molecule has 0 bridgehead atoms. The number of carboxylic acids is 1.